The molecule has 1 aromatic carbocycles. The molecule has 128 valence electrons. The molecule has 2 amide bonds. The van der Waals surface area contributed by atoms with Crippen LogP contribution in [0, 0.1) is 0 Å². The van der Waals surface area contributed by atoms with Crippen LogP contribution in [0.1, 0.15) is 26.3 Å². The number of carbonyl (C=O) groups excluding carboxylic acids is 2. The van der Waals surface area contributed by atoms with E-state index in [0.29, 0.717) is 48.3 Å². The van der Waals surface area contributed by atoms with Gasteiger partial charge < -0.3 is 14.8 Å². The van der Waals surface area contributed by atoms with Gasteiger partial charge in [0.05, 0.1) is 19.2 Å². The number of methoxy groups -OCH3 is 1. The van der Waals surface area contributed by atoms with E-state index in [1.807, 2.05) is 6.07 Å². The molecule has 4 rings (SSSR count). The molecule has 0 unspecified atom stereocenters. The summed E-state index contributed by atoms with van der Waals surface area (Å²) in [6, 6.07) is 8.64. The highest BCUT2D eigenvalue weighted by molar-refractivity contribution is 6.08. The third-order valence-corrected chi connectivity index (χ3v) is 4.36. The van der Waals surface area contributed by atoms with Gasteiger partial charge in [-0.3, -0.25) is 14.5 Å². The second kappa shape index (κ2) is 6.08. The van der Waals surface area contributed by atoms with E-state index in [0.717, 1.165) is 12.0 Å². The Labute approximate surface area is 144 Å². The van der Waals surface area contributed by atoms with E-state index in [-0.39, 0.29) is 11.8 Å². The lowest BCUT2D eigenvalue weighted by atomic mass is 10.1. The summed E-state index contributed by atoms with van der Waals surface area (Å²) in [5.41, 5.74) is 1.81. The van der Waals surface area contributed by atoms with Crippen LogP contribution in [0.3, 0.4) is 0 Å². The van der Waals surface area contributed by atoms with Crippen molar-refractivity contribution in [1.29, 1.82) is 0 Å². The Morgan fingerprint density at radius 1 is 1.32 bits per heavy atom. The minimum Gasteiger partial charge on any atom is -0.491 e. The van der Waals surface area contributed by atoms with Crippen molar-refractivity contribution in [1.82, 2.24) is 10.3 Å². The molecule has 1 aromatic heterocycles. The Hall–Kier alpha value is -3.09. The molecule has 0 saturated carbocycles. The van der Waals surface area contributed by atoms with Gasteiger partial charge in [0.2, 0.25) is 5.88 Å². The van der Waals surface area contributed by atoms with Crippen molar-refractivity contribution >= 4 is 17.6 Å². The maximum Gasteiger partial charge on any atom is 0.259 e. The minimum absolute atomic E-state index is 0.195. The van der Waals surface area contributed by atoms with E-state index < -0.39 is 0 Å². The summed E-state index contributed by atoms with van der Waals surface area (Å²) in [6.45, 7) is 1.41. The third kappa shape index (κ3) is 2.67. The van der Waals surface area contributed by atoms with Gasteiger partial charge in [-0.05, 0) is 36.2 Å². The zero-order valence-electron chi connectivity index (χ0n) is 13.7. The lowest BCUT2D eigenvalue weighted by Gasteiger charge is -2.17. The molecule has 0 saturated heterocycles. The molecule has 0 spiro atoms. The van der Waals surface area contributed by atoms with Crippen molar-refractivity contribution in [2.45, 2.75) is 6.42 Å². The van der Waals surface area contributed by atoms with Crippen LogP contribution in [-0.4, -0.2) is 43.6 Å². The summed E-state index contributed by atoms with van der Waals surface area (Å²) in [7, 11) is 1.54. The normalized spacial score (nSPS) is 15.6. The molecule has 2 aromatic rings. The monoisotopic (exact) mass is 339 g/mol. The molecule has 0 radical (unpaired) electrons. The van der Waals surface area contributed by atoms with Crippen LogP contribution in [0.15, 0.2) is 30.3 Å². The van der Waals surface area contributed by atoms with Crippen LogP contribution in [-0.2, 0) is 6.42 Å². The number of nitrogens with zero attached hydrogens (tertiary/aromatic N) is 2. The molecule has 7 nitrogen and oxygen atoms in total. The van der Waals surface area contributed by atoms with Gasteiger partial charge in [-0.2, -0.15) is 4.98 Å². The fourth-order valence-corrected chi connectivity index (χ4v) is 3.08. The predicted molar refractivity (Wildman–Crippen MR) is 90.4 cm³/mol. The Kier molecular flexibility index (Phi) is 3.76. The molecule has 3 heterocycles. The Morgan fingerprint density at radius 2 is 2.20 bits per heavy atom. The van der Waals surface area contributed by atoms with Gasteiger partial charge in [-0.1, -0.05) is 0 Å². The number of rotatable bonds is 2. The summed E-state index contributed by atoms with van der Waals surface area (Å²) in [5, 5.41) is 2.75. The van der Waals surface area contributed by atoms with E-state index in [2.05, 4.69) is 10.3 Å². The second-order valence-electron chi connectivity index (χ2n) is 5.86. The maximum atomic E-state index is 13.0. The molecular weight excluding hydrogens is 322 g/mol. The van der Waals surface area contributed by atoms with Gasteiger partial charge in [0.1, 0.15) is 18.2 Å². The number of hydrogen-bond acceptors (Lipinski definition) is 5. The van der Waals surface area contributed by atoms with Gasteiger partial charge in [0.15, 0.2) is 0 Å². The molecule has 0 atom stereocenters. The molecule has 25 heavy (non-hydrogen) atoms. The number of amides is 2. The van der Waals surface area contributed by atoms with Gasteiger partial charge >= 0.3 is 0 Å². The lowest BCUT2D eigenvalue weighted by Crippen LogP contribution is -2.30. The summed E-state index contributed by atoms with van der Waals surface area (Å²) in [4.78, 5) is 31.1. The zero-order valence-corrected chi connectivity index (χ0v) is 13.7. The number of anilines is 1. The molecule has 2 aliphatic rings. The highest BCUT2D eigenvalue weighted by Gasteiger charge is 2.28. The molecule has 0 fully saturated rings. The molecule has 2 aliphatic heterocycles. The molecule has 0 aliphatic carbocycles. The van der Waals surface area contributed by atoms with Crippen LogP contribution >= 0.6 is 0 Å². The Balaban J connectivity index is 1.68. The first-order chi connectivity index (χ1) is 12.2. The first-order valence-corrected chi connectivity index (χ1v) is 8.08. The van der Waals surface area contributed by atoms with Crippen LogP contribution in [0.5, 0.6) is 11.6 Å². The average Bonchev–Trinajstić information content (AvgIpc) is 2.98. The second-order valence-corrected chi connectivity index (χ2v) is 5.86. The van der Waals surface area contributed by atoms with Crippen molar-refractivity contribution in [3.05, 3.63) is 47.0 Å². The fraction of sp³-hybridized carbons (Fsp3) is 0.278. The quantitative estimate of drug-likeness (QED) is 0.895. The fourth-order valence-electron chi connectivity index (χ4n) is 3.08. The van der Waals surface area contributed by atoms with Crippen LogP contribution < -0.4 is 19.7 Å². The van der Waals surface area contributed by atoms with Gasteiger partial charge in [0.25, 0.3) is 11.8 Å². The Bertz CT molecular complexity index is 865. The topological polar surface area (TPSA) is 80.8 Å². The zero-order chi connectivity index (χ0) is 17.4. The van der Waals surface area contributed by atoms with Crippen molar-refractivity contribution in [2.24, 2.45) is 0 Å². The SMILES string of the molecule is COc1ccc2c(n1)N(C(=O)c1ccc3c(c1)C(=O)NCCO3)CC2. The van der Waals surface area contributed by atoms with Crippen molar-refractivity contribution < 1.29 is 19.1 Å². The summed E-state index contributed by atoms with van der Waals surface area (Å²) >= 11 is 0. The number of ether oxygens (including phenoxy) is 2. The molecule has 7 heteroatoms. The largest absolute Gasteiger partial charge is 0.491 e. The smallest absolute Gasteiger partial charge is 0.259 e. The first-order valence-electron chi connectivity index (χ1n) is 8.08. The maximum absolute atomic E-state index is 13.0. The predicted octanol–water partition coefficient (Wildman–Crippen LogP) is 1.42. The summed E-state index contributed by atoms with van der Waals surface area (Å²) < 4.78 is 10.7. The van der Waals surface area contributed by atoms with Crippen molar-refractivity contribution in [2.75, 3.05) is 31.7 Å². The van der Waals surface area contributed by atoms with E-state index in [4.69, 9.17) is 9.47 Å². The number of pyridine rings is 1. The standard InChI is InChI=1S/C18H17N3O4/c1-24-15-5-3-11-6-8-21(16(11)20-15)18(23)12-2-4-14-13(10-12)17(22)19-7-9-25-14/h2-5,10H,6-9H2,1H3,(H,19,22). The minimum atomic E-state index is -0.233. The van der Waals surface area contributed by atoms with Crippen LogP contribution in [0.25, 0.3) is 0 Å². The lowest BCUT2D eigenvalue weighted by molar-refractivity contribution is 0.0957. The van der Waals surface area contributed by atoms with Gasteiger partial charge in [0, 0.05) is 18.2 Å². The van der Waals surface area contributed by atoms with Crippen molar-refractivity contribution in [3.63, 3.8) is 0 Å². The van der Waals surface area contributed by atoms with E-state index >= 15 is 0 Å². The molecular formula is C18H17N3O4. The first kappa shape index (κ1) is 15.4. The molecule has 0 bridgehead atoms. The van der Waals surface area contributed by atoms with Crippen LogP contribution in [0.4, 0.5) is 5.82 Å². The van der Waals surface area contributed by atoms with E-state index in [1.54, 1.807) is 36.3 Å². The average molecular weight is 339 g/mol. The highest BCUT2D eigenvalue weighted by Crippen LogP contribution is 2.30. The molecule has 1 N–H and O–H groups in total. The number of carbonyl (C=O) groups is 2. The number of benzene rings is 1. The Morgan fingerprint density at radius 3 is 3.04 bits per heavy atom. The highest BCUT2D eigenvalue weighted by atomic mass is 16.5. The third-order valence-electron chi connectivity index (χ3n) is 4.36. The van der Waals surface area contributed by atoms with E-state index in [1.165, 1.54) is 0 Å². The van der Waals surface area contributed by atoms with E-state index in [9.17, 15) is 9.59 Å². The van der Waals surface area contributed by atoms with Crippen molar-refractivity contribution in [3.8, 4) is 11.6 Å². The number of nitrogens with one attached hydrogen (secondary N) is 1. The summed E-state index contributed by atoms with van der Waals surface area (Å²) in [6.07, 6.45) is 0.743. The number of hydrogen-bond donors (Lipinski definition) is 1. The number of aromatic nitrogens is 1. The van der Waals surface area contributed by atoms with Gasteiger partial charge in [-0.15, -0.1) is 0 Å². The summed E-state index contributed by atoms with van der Waals surface area (Å²) in [5.74, 6) is 1.14. The van der Waals surface area contributed by atoms with Crippen LogP contribution in [0.2, 0.25) is 0 Å². The van der Waals surface area contributed by atoms with Gasteiger partial charge in [-0.25, -0.2) is 0 Å². The number of fused-ring (bicyclic) bond motifs is 2.